The number of halogens is 3. The van der Waals surface area contributed by atoms with Crippen molar-refractivity contribution >= 4 is 61.7 Å². The second-order valence-corrected chi connectivity index (χ2v) is 5.69. The van der Waals surface area contributed by atoms with E-state index >= 15 is 0 Å². The third-order valence-corrected chi connectivity index (χ3v) is 4.02. The zero-order chi connectivity index (χ0) is 11.4. The molecule has 0 fully saturated rings. The molecule has 2 nitrogen and oxygen atoms in total. The van der Waals surface area contributed by atoms with E-state index in [-0.39, 0.29) is 10.7 Å². The Balaban J connectivity index is 2.77. The fourth-order valence-electron chi connectivity index (χ4n) is 0.987. The number of anilines is 1. The molecule has 0 aliphatic carbocycles. The van der Waals surface area contributed by atoms with Gasteiger partial charge < -0.3 is 5.32 Å². The molecule has 1 rings (SSSR count). The van der Waals surface area contributed by atoms with Gasteiger partial charge in [0.2, 0.25) is 5.91 Å². The number of amides is 1. The van der Waals surface area contributed by atoms with Gasteiger partial charge in [-0.25, -0.2) is 0 Å². The fourth-order valence-corrected chi connectivity index (χ4v) is 2.11. The van der Waals surface area contributed by atoms with E-state index < -0.39 is 0 Å². The molecule has 1 unspecified atom stereocenters. The van der Waals surface area contributed by atoms with Crippen molar-refractivity contribution in [1.82, 2.24) is 0 Å². The molecular formula is C10H10BrClINO. The zero-order valence-corrected chi connectivity index (χ0v) is 12.6. The first-order valence-electron chi connectivity index (χ1n) is 4.44. The molecule has 0 aliphatic rings. The minimum Gasteiger partial charge on any atom is -0.324 e. The van der Waals surface area contributed by atoms with Crippen molar-refractivity contribution in [3.05, 3.63) is 26.8 Å². The van der Waals surface area contributed by atoms with E-state index in [4.69, 9.17) is 11.6 Å². The van der Waals surface area contributed by atoms with Crippen LogP contribution in [0.3, 0.4) is 0 Å². The summed E-state index contributed by atoms with van der Waals surface area (Å²) < 4.78 is 0.934. The second-order valence-electron chi connectivity index (χ2n) is 2.99. The van der Waals surface area contributed by atoms with Crippen molar-refractivity contribution in [2.75, 3.05) is 5.32 Å². The van der Waals surface area contributed by atoms with Crippen LogP contribution < -0.4 is 5.32 Å². The molecule has 0 aromatic heterocycles. The first kappa shape index (κ1) is 13.3. The molecule has 0 saturated carbocycles. The summed E-state index contributed by atoms with van der Waals surface area (Å²) in [6, 6.07) is 5.37. The Bertz CT molecular complexity index is 372. The summed E-state index contributed by atoms with van der Waals surface area (Å²) in [7, 11) is 0. The van der Waals surface area contributed by atoms with Gasteiger partial charge in [0, 0.05) is 8.59 Å². The van der Waals surface area contributed by atoms with Crippen molar-refractivity contribution in [3.63, 3.8) is 0 Å². The minimum atomic E-state index is -0.149. The van der Waals surface area contributed by atoms with Gasteiger partial charge in [0.25, 0.3) is 0 Å². The van der Waals surface area contributed by atoms with Crippen molar-refractivity contribution in [2.45, 2.75) is 18.2 Å². The minimum absolute atomic E-state index is 0.0299. The summed E-state index contributed by atoms with van der Waals surface area (Å²) in [5.41, 5.74) is 0.794. The lowest BCUT2D eigenvalue weighted by molar-refractivity contribution is -0.115. The van der Waals surface area contributed by atoms with Gasteiger partial charge >= 0.3 is 0 Å². The molecule has 0 bridgehead atoms. The van der Waals surface area contributed by atoms with Gasteiger partial charge in [-0.2, -0.15) is 0 Å². The van der Waals surface area contributed by atoms with Crippen LogP contribution in [0, 0.1) is 3.57 Å². The molecule has 1 atom stereocenters. The van der Waals surface area contributed by atoms with Crippen molar-refractivity contribution in [1.29, 1.82) is 0 Å². The molecule has 1 N–H and O–H groups in total. The Hall–Kier alpha value is 0.190. The number of carbonyl (C=O) groups is 1. The van der Waals surface area contributed by atoms with Crippen molar-refractivity contribution in [2.24, 2.45) is 0 Å². The van der Waals surface area contributed by atoms with Gasteiger partial charge in [-0.05, 0) is 47.2 Å². The van der Waals surface area contributed by atoms with Crippen LogP contribution in [0.25, 0.3) is 0 Å². The summed E-state index contributed by atoms with van der Waals surface area (Å²) in [6.45, 7) is 1.95. The van der Waals surface area contributed by atoms with Crippen LogP contribution in [0.15, 0.2) is 18.2 Å². The predicted octanol–water partition coefficient (Wildman–Crippen LogP) is 4.06. The molecule has 15 heavy (non-hydrogen) atoms. The maximum Gasteiger partial charge on any atom is 0.238 e. The largest absolute Gasteiger partial charge is 0.324 e. The maximum absolute atomic E-state index is 11.6. The number of carbonyl (C=O) groups excluding carboxylic acids is 1. The SMILES string of the molecule is CCC(Br)C(=O)Nc1ccc(Cl)cc1I. The number of nitrogens with one attached hydrogen (secondary N) is 1. The van der Waals surface area contributed by atoms with E-state index in [9.17, 15) is 4.79 Å². The maximum atomic E-state index is 11.6. The molecule has 82 valence electrons. The van der Waals surface area contributed by atoms with Gasteiger partial charge in [0.15, 0.2) is 0 Å². The van der Waals surface area contributed by atoms with E-state index in [2.05, 4.69) is 43.8 Å². The van der Waals surface area contributed by atoms with Gasteiger partial charge in [-0.15, -0.1) is 0 Å². The fraction of sp³-hybridized carbons (Fsp3) is 0.300. The molecule has 0 heterocycles. The molecule has 0 saturated heterocycles. The first-order valence-corrected chi connectivity index (χ1v) is 6.81. The monoisotopic (exact) mass is 401 g/mol. The molecule has 1 aromatic carbocycles. The number of alkyl halides is 1. The van der Waals surface area contributed by atoms with Crippen LogP contribution in [-0.2, 0) is 4.79 Å². The van der Waals surface area contributed by atoms with Gasteiger partial charge in [-0.1, -0.05) is 34.5 Å². The van der Waals surface area contributed by atoms with E-state index in [1.54, 1.807) is 12.1 Å². The smallest absolute Gasteiger partial charge is 0.238 e. The van der Waals surface area contributed by atoms with E-state index in [1.165, 1.54) is 0 Å². The third-order valence-electron chi connectivity index (χ3n) is 1.83. The van der Waals surface area contributed by atoms with Crippen molar-refractivity contribution in [3.8, 4) is 0 Å². The lowest BCUT2D eigenvalue weighted by Crippen LogP contribution is -2.22. The Labute approximate surface area is 116 Å². The Morgan fingerprint density at radius 1 is 1.67 bits per heavy atom. The van der Waals surface area contributed by atoms with Crippen LogP contribution in [0.5, 0.6) is 0 Å². The number of hydrogen-bond donors (Lipinski definition) is 1. The highest BCUT2D eigenvalue weighted by atomic mass is 127. The van der Waals surface area contributed by atoms with Gasteiger partial charge in [0.05, 0.1) is 10.5 Å². The van der Waals surface area contributed by atoms with E-state index in [0.717, 1.165) is 15.7 Å². The topological polar surface area (TPSA) is 29.1 Å². The Kier molecular flexibility index (Phi) is 5.35. The summed E-state index contributed by atoms with van der Waals surface area (Å²) in [5, 5.41) is 3.51. The molecule has 0 radical (unpaired) electrons. The third kappa shape index (κ3) is 3.92. The highest BCUT2D eigenvalue weighted by molar-refractivity contribution is 14.1. The Morgan fingerprint density at radius 3 is 2.87 bits per heavy atom. The van der Waals surface area contributed by atoms with E-state index in [0.29, 0.717) is 5.02 Å². The van der Waals surface area contributed by atoms with Crippen LogP contribution in [0.2, 0.25) is 5.02 Å². The lowest BCUT2D eigenvalue weighted by Gasteiger charge is -2.10. The standard InChI is InChI=1S/C10H10BrClINO/c1-2-7(11)10(15)14-9-4-3-6(12)5-8(9)13/h3-5,7H,2H2,1H3,(H,14,15). The molecule has 1 amide bonds. The highest BCUT2D eigenvalue weighted by Crippen LogP contribution is 2.23. The molecule has 0 aliphatic heterocycles. The lowest BCUT2D eigenvalue weighted by atomic mass is 10.3. The normalized spacial score (nSPS) is 12.3. The molecular weight excluding hydrogens is 392 g/mol. The number of rotatable bonds is 3. The molecule has 1 aromatic rings. The Morgan fingerprint density at radius 2 is 2.33 bits per heavy atom. The molecule has 0 spiro atoms. The predicted molar refractivity (Wildman–Crippen MR) is 75.8 cm³/mol. The first-order chi connectivity index (χ1) is 7.04. The van der Waals surface area contributed by atoms with Gasteiger partial charge in [-0.3, -0.25) is 4.79 Å². The number of hydrogen-bond acceptors (Lipinski definition) is 1. The van der Waals surface area contributed by atoms with Crippen LogP contribution in [0.1, 0.15) is 13.3 Å². The van der Waals surface area contributed by atoms with E-state index in [1.807, 2.05) is 13.0 Å². The summed E-state index contributed by atoms with van der Waals surface area (Å²) in [4.78, 5) is 11.4. The number of benzene rings is 1. The molecule has 5 heteroatoms. The van der Waals surface area contributed by atoms with Gasteiger partial charge in [0.1, 0.15) is 0 Å². The average Bonchev–Trinajstić information content (AvgIpc) is 2.20. The van der Waals surface area contributed by atoms with Crippen molar-refractivity contribution < 1.29 is 4.79 Å². The quantitative estimate of drug-likeness (QED) is 0.600. The second kappa shape index (κ2) is 6.06. The average molecular weight is 402 g/mol. The van der Waals surface area contributed by atoms with Crippen LogP contribution in [0.4, 0.5) is 5.69 Å². The summed E-state index contributed by atoms with van der Waals surface area (Å²) >= 11 is 11.3. The highest BCUT2D eigenvalue weighted by Gasteiger charge is 2.13. The zero-order valence-electron chi connectivity index (χ0n) is 8.06. The van der Waals surface area contributed by atoms with Crippen LogP contribution in [-0.4, -0.2) is 10.7 Å². The van der Waals surface area contributed by atoms with Crippen LogP contribution >= 0.6 is 50.1 Å². The summed E-state index contributed by atoms with van der Waals surface area (Å²) in [6.07, 6.45) is 0.760. The summed E-state index contributed by atoms with van der Waals surface area (Å²) in [5.74, 6) is -0.0299.